The summed E-state index contributed by atoms with van der Waals surface area (Å²) < 4.78 is 19.0. The number of rotatable bonds is 4. The molecule has 96 valence electrons. The number of hydrogen-bond acceptors (Lipinski definition) is 5. The van der Waals surface area contributed by atoms with Crippen LogP contribution in [0.4, 0.5) is 9.52 Å². The zero-order valence-electron chi connectivity index (χ0n) is 10.4. The van der Waals surface area contributed by atoms with Crippen LogP contribution in [0.15, 0.2) is 18.2 Å². The number of halogens is 1. The first kappa shape index (κ1) is 12.8. The SMILES string of the molecule is COc1cccc(F)c1C(C)Nc1nnc(C)s1. The lowest BCUT2D eigenvalue weighted by atomic mass is 10.1. The topological polar surface area (TPSA) is 47.0 Å². The first-order chi connectivity index (χ1) is 8.61. The van der Waals surface area contributed by atoms with Gasteiger partial charge < -0.3 is 10.1 Å². The predicted octanol–water partition coefficient (Wildman–Crippen LogP) is 3.17. The largest absolute Gasteiger partial charge is 0.496 e. The fourth-order valence-corrected chi connectivity index (χ4v) is 2.41. The van der Waals surface area contributed by atoms with Gasteiger partial charge in [-0.05, 0) is 26.0 Å². The summed E-state index contributed by atoms with van der Waals surface area (Å²) >= 11 is 1.43. The van der Waals surface area contributed by atoms with E-state index in [1.807, 2.05) is 13.8 Å². The molecule has 0 amide bonds. The fraction of sp³-hybridized carbons (Fsp3) is 0.333. The number of nitrogens with one attached hydrogen (secondary N) is 1. The summed E-state index contributed by atoms with van der Waals surface area (Å²) in [4.78, 5) is 0. The van der Waals surface area contributed by atoms with Gasteiger partial charge in [-0.2, -0.15) is 0 Å². The van der Waals surface area contributed by atoms with Gasteiger partial charge in [0.2, 0.25) is 5.13 Å². The van der Waals surface area contributed by atoms with E-state index in [9.17, 15) is 4.39 Å². The molecule has 1 atom stereocenters. The highest BCUT2D eigenvalue weighted by Gasteiger charge is 2.17. The van der Waals surface area contributed by atoms with Crippen molar-refractivity contribution in [3.05, 3.63) is 34.6 Å². The summed E-state index contributed by atoms with van der Waals surface area (Å²) in [5.74, 6) is 0.229. The van der Waals surface area contributed by atoms with E-state index >= 15 is 0 Å². The van der Waals surface area contributed by atoms with Gasteiger partial charge in [-0.25, -0.2) is 4.39 Å². The highest BCUT2D eigenvalue weighted by Crippen LogP contribution is 2.30. The average Bonchev–Trinajstić information content (AvgIpc) is 2.74. The molecule has 2 aromatic rings. The molecule has 0 fully saturated rings. The molecule has 0 radical (unpaired) electrons. The maximum absolute atomic E-state index is 13.8. The highest BCUT2D eigenvalue weighted by molar-refractivity contribution is 7.15. The summed E-state index contributed by atoms with van der Waals surface area (Å²) in [5.41, 5.74) is 0.493. The Bertz CT molecular complexity index is 544. The Morgan fingerprint density at radius 2 is 2.17 bits per heavy atom. The Morgan fingerprint density at radius 1 is 1.39 bits per heavy atom. The van der Waals surface area contributed by atoms with Crippen LogP contribution in [-0.4, -0.2) is 17.3 Å². The molecule has 0 saturated heterocycles. The normalized spacial score (nSPS) is 12.2. The van der Waals surface area contributed by atoms with Crippen molar-refractivity contribution in [2.75, 3.05) is 12.4 Å². The van der Waals surface area contributed by atoms with Gasteiger partial charge in [0.1, 0.15) is 16.6 Å². The van der Waals surface area contributed by atoms with Gasteiger partial charge >= 0.3 is 0 Å². The smallest absolute Gasteiger partial charge is 0.206 e. The van der Waals surface area contributed by atoms with E-state index in [1.165, 1.54) is 24.5 Å². The van der Waals surface area contributed by atoms with E-state index in [2.05, 4.69) is 15.5 Å². The van der Waals surface area contributed by atoms with Crippen LogP contribution in [0.3, 0.4) is 0 Å². The van der Waals surface area contributed by atoms with Gasteiger partial charge in [-0.1, -0.05) is 17.4 Å². The molecule has 0 spiro atoms. The Balaban J connectivity index is 2.25. The molecule has 0 aliphatic heterocycles. The average molecular weight is 267 g/mol. The zero-order valence-corrected chi connectivity index (χ0v) is 11.2. The summed E-state index contributed by atoms with van der Waals surface area (Å²) in [5, 5.41) is 12.5. The van der Waals surface area contributed by atoms with E-state index in [0.717, 1.165) is 5.01 Å². The third-order valence-corrected chi connectivity index (χ3v) is 3.30. The molecule has 1 heterocycles. The zero-order chi connectivity index (χ0) is 13.1. The van der Waals surface area contributed by atoms with E-state index in [1.54, 1.807) is 12.1 Å². The number of ether oxygens (including phenoxy) is 1. The number of anilines is 1. The van der Waals surface area contributed by atoms with E-state index in [4.69, 9.17) is 4.74 Å². The van der Waals surface area contributed by atoms with Crippen LogP contribution in [-0.2, 0) is 0 Å². The lowest BCUT2D eigenvalue weighted by Gasteiger charge is -2.17. The molecule has 1 aromatic carbocycles. The van der Waals surface area contributed by atoms with Crippen LogP contribution in [0.2, 0.25) is 0 Å². The second kappa shape index (κ2) is 5.30. The van der Waals surface area contributed by atoms with Crippen LogP contribution >= 0.6 is 11.3 Å². The third-order valence-electron chi connectivity index (χ3n) is 2.53. The van der Waals surface area contributed by atoms with Crippen molar-refractivity contribution in [1.29, 1.82) is 0 Å². The van der Waals surface area contributed by atoms with Crippen LogP contribution in [0.1, 0.15) is 23.5 Å². The molecule has 0 aliphatic carbocycles. The molecule has 6 heteroatoms. The fourth-order valence-electron chi connectivity index (χ4n) is 1.73. The Labute approximate surface area is 109 Å². The number of benzene rings is 1. The molecule has 0 bridgehead atoms. The van der Waals surface area contributed by atoms with Crippen LogP contribution in [0.5, 0.6) is 5.75 Å². The number of methoxy groups -OCH3 is 1. The highest BCUT2D eigenvalue weighted by atomic mass is 32.1. The first-order valence-electron chi connectivity index (χ1n) is 5.51. The molecular weight excluding hydrogens is 253 g/mol. The number of hydrogen-bond donors (Lipinski definition) is 1. The molecule has 0 aliphatic rings. The van der Waals surface area contributed by atoms with E-state index in [0.29, 0.717) is 16.4 Å². The number of aromatic nitrogens is 2. The molecule has 1 N–H and O–H groups in total. The summed E-state index contributed by atoms with van der Waals surface area (Å²) in [6.07, 6.45) is 0. The van der Waals surface area contributed by atoms with Crippen LogP contribution in [0.25, 0.3) is 0 Å². The lowest BCUT2D eigenvalue weighted by Crippen LogP contribution is -2.10. The van der Waals surface area contributed by atoms with Crippen molar-refractivity contribution >= 4 is 16.5 Å². The molecule has 18 heavy (non-hydrogen) atoms. The van der Waals surface area contributed by atoms with Crippen LogP contribution < -0.4 is 10.1 Å². The second-order valence-electron chi connectivity index (χ2n) is 3.85. The Morgan fingerprint density at radius 3 is 2.78 bits per heavy atom. The minimum Gasteiger partial charge on any atom is -0.496 e. The van der Waals surface area contributed by atoms with Crippen molar-refractivity contribution in [1.82, 2.24) is 10.2 Å². The molecule has 2 rings (SSSR count). The van der Waals surface area contributed by atoms with Crippen molar-refractivity contribution < 1.29 is 9.13 Å². The van der Waals surface area contributed by atoms with E-state index < -0.39 is 0 Å². The first-order valence-corrected chi connectivity index (χ1v) is 6.32. The van der Waals surface area contributed by atoms with Gasteiger partial charge in [-0.15, -0.1) is 10.2 Å². The molecular formula is C12H14FN3OS. The number of aryl methyl sites for hydroxylation is 1. The second-order valence-corrected chi connectivity index (χ2v) is 5.03. The molecule has 0 saturated carbocycles. The minimum absolute atomic E-state index is 0.242. The van der Waals surface area contributed by atoms with Crippen molar-refractivity contribution in [3.63, 3.8) is 0 Å². The van der Waals surface area contributed by atoms with Crippen LogP contribution in [0, 0.1) is 12.7 Å². The lowest BCUT2D eigenvalue weighted by molar-refractivity contribution is 0.402. The van der Waals surface area contributed by atoms with Crippen molar-refractivity contribution in [2.45, 2.75) is 19.9 Å². The Kier molecular flexibility index (Phi) is 3.76. The summed E-state index contributed by atoms with van der Waals surface area (Å²) in [6, 6.07) is 4.54. The maximum atomic E-state index is 13.8. The molecule has 1 aromatic heterocycles. The molecule has 1 unspecified atom stereocenters. The quantitative estimate of drug-likeness (QED) is 0.924. The van der Waals surface area contributed by atoms with Gasteiger partial charge in [0.15, 0.2) is 0 Å². The monoisotopic (exact) mass is 267 g/mol. The van der Waals surface area contributed by atoms with Crippen molar-refractivity contribution in [3.8, 4) is 5.75 Å². The predicted molar refractivity (Wildman–Crippen MR) is 69.6 cm³/mol. The molecule has 4 nitrogen and oxygen atoms in total. The van der Waals surface area contributed by atoms with Gasteiger partial charge in [0.05, 0.1) is 18.7 Å². The maximum Gasteiger partial charge on any atom is 0.206 e. The third kappa shape index (κ3) is 2.59. The van der Waals surface area contributed by atoms with Crippen molar-refractivity contribution in [2.24, 2.45) is 0 Å². The van der Waals surface area contributed by atoms with Gasteiger partial charge in [-0.3, -0.25) is 0 Å². The van der Waals surface area contributed by atoms with E-state index in [-0.39, 0.29) is 11.9 Å². The standard InChI is InChI=1S/C12H14FN3OS/c1-7(14-12-16-15-8(2)18-12)11-9(13)5-4-6-10(11)17-3/h4-7H,1-3H3,(H,14,16). The Hall–Kier alpha value is -1.69. The van der Waals surface area contributed by atoms with Gasteiger partial charge in [0.25, 0.3) is 0 Å². The van der Waals surface area contributed by atoms with Gasteiger partial charge in [0, 0.05) is 0 Å². The summed E-state index contributed by atoms with van der Waals surface area (Å²) in [7, 11) is 1.53. The minimum atomic E-state index is -0.296. The number of nitrogens with zero attached hydrogens (tertiary/aromatic N) is 2. The summed E-state index contributed by atoms with van der Waals surface area (Å²) in [6.45, 7) is 3.73.